The van der Waals surface area contributed by atoms with Crippen molar-refractivity contribution < 1.29 is 23.1 Å². The number of amides is 1. The Morgan fingerprint density at radius 2 is 1.90 bits per heavy atom. The third-order valence-corrected chi connectivity index (χ3v) is 5.35. The zero-order valence-corrected chi connectivity index (χ0v) is 16.1. The van der Waals surface area contributed by atoms with E-state index in [0.717, 1.165) is 6.07 Å². The third kappa shape index (κ3) is 4.14. The van der Waals surface area contributed by atoms with E-state index < -0.39 is 17.7 Å². The topological polar surface area (TPSA) is 67.8 Å². The van der Waals surface area contributed by atoms with Gasteiger partial charge >= 0.3 is 0 Å². The number of anilines is 1. The number of methoxy groups -OCH3 is 1. The molecule has 1 atom stereocenters. The number of benzene rings is 1. The molecule has 2 saturated heterocycles. The van der Waals surface area contributed by atoms with E-state index in [4.69, 9.17) is 9.57 Å². The highest BCUT2D eigenvalue weighted by molar-refractivity contribution is 5.79. The van der Waals surface area contributed by atoms with Crippen LogP contribution in [0, 0.1) is 17.6 Å². The van der Waals surface area contributed by atoms with Crippen LogP contribution in [0.25, 0.3) is 0 Å². The van der Waals surface area contributed by atoms with Crippen molar-refractivity contribution in [2.75, 3.05) is 31.7 Å². The molecule has 7 nitrogen and oxygen atoms in total. The minimum absolute atomic E-state index is 0.150. The van der Waals surface area contributed by atoms with Gasteiger partial charge in [-0.15, -0.1) is 0 Å². The molecule has 154 valence electrons. The lowest BCUT2D eigenvalue weighted by Gasteiger charge is -2.34. The molecule has 2 aliphatic rings. The van der Waals surface area contributed by atoms with E-state index in [0.29, 0.717) is 56.4 Å². The summed E-state index contributed by atoms with van der Waals surface area (Å²) in [5.74, 6) is -0.638. The van der Waals surface area contributed by atoms with Crippen molar-refractivity contribution in [1.82, 2.24) is 15.0 Å². The Balaban J connectivity index is 1.42. The minimum Gasteiger partial charge on any atom is -0.481 e. The maximum absolute atomic E-state index is 13.6. The molecule has 3 heterocycles. The summed E-state index contributed by atoms with van der Waals surface area (Å²) in [7, 11) is 1.55. The summed E-state index contributed by atoms with van der Waals surface area (Å²) in [5.41, 5.74) is 0.413. The lowest BCUT2D eigenvalue weighted by molar-refractivity contribution is -0.182. The second-order valence-electron chi connectivity index (χ2n) is 7.16. The normalized spacial score (nSPS) is 20.2. The van der Waals surface area contributed by atoms with E-state index in [1.165, 1.54) is 17.2 Å². The molecule has 9 heteroatoms. The number of aromatic nitrogens is 2. The fraction of sp³-hybridized carbons (Fsp3) is 0.450. The number of piperidine rings is 1. The summed E-state index contributed by atoms with van der Waals surface area (Å²) in [6.45, 7) is 1.58. The molecule has 1 aromatic heterocycles. The number of nitrogens with zero attached hydrogens (tertiary/aromatic N) is 4. The Bertz CT molecular complexity index is 870. The Morgan fingerprint density at radius 3 is 2.59 bits per heavy atom. The summed E-state index contributed by atoms with van der Waals surface area (Å²) in [4.78, 5) is 29.2. The number of hydroxylamine groups is 2. The first-order chi connectivity index (χ1) is 14.0. The molecular formula is C20H22F2N4O3. The van der Waals surface area contributed by atoms with Gasteiger partial charge in [0.1, 0.15) is 11.6 Å². The summed E-state index contributed by atoms with van der Waals surface area (Å²) in [6.07, 6.45) is 3.37. The fourth-order valence-electron chi connectivity index (χ4n) is 3.86. The molecule has 0 saturated carbocycles. The minimum atomic E-state index is -0.661. The Morgan fingerprint density at radius 1 is 1.17 bits per heavy atom. The predicted octanol–water partition coefficient (Wildman–Crippen LogP) is 2.89. The van der Waals surface area contributed by atoms with Gasteiger partial charge in [0.15, 0.2) is 0 Å². The Labute approximate surface area is 167 Å². The van der Waals surface area contributed by atoms with Crippen molar-refractivity contribution in [3.8, 4) is 5.88 Å². The van der Waals surface area contributed by atoms with E-state index >= 15 is 0 Å². The van der Waals surface area contributed by atoms with Gasteiger partial charge in [-0.25, -0.2) is 18.8 Å². The molecule has 2 aliphatic heterocycles. The van der Waals surface area contributed by atoms with Gasteiger partial charge in [-0.1, -0.05) is 0 Å². The number of carbonyl (C=O) groups excluding carboxylic acids is 1. The largest absolute Gasteiger partial charge is 0.481 e. The number of carbonyl (C=O) groups is 1. The third-order valence-electron chi connectivity index (χ3n) is 5.35. The van der Waals surface area contributed by atoms with Gasteiger partial charge in [0.2, 0.25) is 17.7 Å². The lowest BCUT2D eigenvalue weighted by atomic mass is 9.94. The van der Waals surface area contributed by atoms with E-state index in [2.05, 4.69) is 9.97 Å². The molecule has 1 aromatic carbocycles. The molecule has 2 aromatic rings. The van der Waals surface area contributed by atoms with E-state index in [-0.39, 0.29) is 11.8 Å². The Kier molecular flexibility index (Phi) is 5.57. The summed E-state index contributed by atoms with van der Waals surface area (Å²) in [6, 6.07) is 4.53. The van der Waals surface area contributed by atoms with Crippen LogP contribution in [0.3, 0.4) is 0 Å². The average molecular weight is 404 g/mol. The molecular weight excluding hydrogens is 382 g/mol. The van der Waals surface area contributed by atoms with Gasteiger partial charge in [0.05, 0.1) is 19.8 Å². The highest BCUT2D eigenvalue weighted by Gasteiger charge is 2.37. The van der Waals surface area contributed by atoms with E-state index in [1.54, 1.807) is 19.4 Å². The van der Waals surface area contributed by atoms with Crippen molar-refractivity contribution in [3.63, 3.8) is 0 Å². The molecule has 0 N–H and O–H groups in total. The SMILES string of the molecule is COc1ccnc(N2CCC(C(=O)N3OCC[C@H]3c3cc(F)cc(F)c3)CC2)n1. The second-order valence-corrected chi connectivity index (χ2v) is 7.16. The molecule has 2 fully saturated rings. The quantitative estimate of drug-likeness (QED) is 0.781. The standard InChI is InChI=1S/C20H22F2N4O3/c1-28-18-2-6-23-20(24-18)25-7-3-13(4-8-25)19(27)26-17(5-9-29-26)14-10-15(21)12-16(22)11-14/h2,6,10-13,17H,3-5,7-9H2,1H3/t17-/m0/s1. The molecule has 0 bridgehead atoms. The molecule has 0 unspecified atom stereocenters. The van der Waals surface area contributed by atoms with Gasteiger partial charge < -0.3 is 9.64 Å². The lowest BCUT2D eigenvalue weighted by Crippen LogP contribution is -2.42. The van der Waals surface area contributed by atoms with E-state index in [1.807, 2.05) is 4.90 Å². The van der Waals surface area contributed by atoms with Crippen molar-refractivity contribution in [2.45, 2.75) is 25.3 Å². The van der Waals surface area contributed by atoms with Crippen LogP contribution in [0.5, 0.6) is 5.88 Å². The van der Waals surface area contributed by atoms with Crippen LogP contribution >= 0.6 is 0 Å². The predicted molar refractivity (Wildman–Crippen MR) is 100 cm³/mol. The Hall–Kier alpha value is -2.81. The maximum Gasteiger partial charge on any atom is 0.249 e. The van der Waals surface area contributed by atoms with Crippen LogP contribution in [0.15, 0.2) is 30.5 Å². The highest BCUT2D eigenvalue weighted by atomic mass is 19.1. The second kappa shape index (κ2) is 8.28. The number of halogens is 2. The van der Waals surface area contributed by atoms with Gasteiger partial charge in [0.25, 0.3) is 0 Å². The number of ether oxygens (including phenoxy) is 1. The zero-order valence-electron chi connectivity index (χ0n) is 16.1. The molecule has 1 amide bonds. The first-order valence-corrected chi connectivity index (χ1v) is 9.59. The molecule has 29 heavy (non-hydrogen) atoms. The van der Waals surface area contributed by atoms with Crippen LogP contribution in [-0.4, -0.2) is 47.7 Å². The molecule has 0 aliphatic carbocycles. The molecule has 4 rings (SSSR count). The smallest absolute Gasteiger partial charge is 0.249 e. The van der Waals surface area contributed by atoms with Crippen LogP contribution < -0.4 is 9.64 Å². The first-order valence-electron chi connectivity index (χ1n) is 9.59. The highest BCUT2D eigenvalue weighted by Crippen LogP contribution is 2.34. The molecule has 0 spiro atoms. The van der Waals surface area contributed by atoms with Crippen molar-refractivity contribution >= 4 is 11.9 Å². The number of hydrogen-bond donors (Lipinski definition) is 0. The van der Waals surface area contributed by atoms with Crippen LogP contribution in [0.2, 0.25) is 0 Å². The maximum atomic E-state index is 13.6. The zero-order chi connectivity index (χ0) is 20.4. The summed E-state index contributed by atoms with van der Waals surface area (Å²) >= 11 is 0. The van der Waals surface area contributed by atoms with Crippen LogP contribution in [-0.2, 0) is 9.63 Å². The van der Waals surface area contributed by atoms with Crippen LogP contribution in [0.4, 0.5) is 14.7 Å². The van der Waals surface area contributed by atoms with Crippen LogP contribution in [0.1, 0.15) is 30.9 Å². The molecule has 0 radical (unpaired) electrons. The van der Waals surface area contributed by atoms with Gasteiger partial charge in [-0.3, -0.25) is 9.63 Å². The number of rotatable bonds is 4. The fourth-order valence-corrected chi connectivity index (χ4v) is 3.86. The monoisotopic (exact) mass is 404 g/mol. The van der Waals surface area contributed by atoms with E-state index in [9.17, 15) is 13.6 Å². The van der Waals surface area contributed by atoms with Gasteiger partial charge in [-0.2, -0.15) is 4.98 Å². The summed E-state index contributed by atoms with van der Waals surface area (Å²) in [5, 5.41) is 1.30. The summed E-state index contributed by atoms with van der Waals surface area (Å²) < 4.78 is 32.4. The van der Waals surface area contributed by atoms with Gasteiger partial charge in [0, 0.05) is 43.8 Å². The van der Waals surface area contributed by atoms with Crippen molar-refractivity contribution in [1.29, 1.82) is 0 Å². The average Bonchev–Trinajstić information content (AvgIpc) is 3.23. The first kappa shape index (κ1) is 19.5. The van der Waals surface area contributed by atoms with Gasteiger partial charge in [-0.05, 0) is 30.5 Å². The number of hydrogen-bond acceptors (Lipinski definition) is 6. The van der Waals surface area contributed by atoms with Crippen molar-refractivity contribution in [3.05, 3.63) is 47.7 Å². The van der Waals surface area contributed by atoms with Crippen molar-refractivity contribution in [2.24, 2.45) is 5.92 Å².